The van der Waals surface area contributed by atoms with Gasteiger partial charge in [-0.3, -0.25) is 19.2 Å². The number of hydrogen-bond acceptors (Lipinski definition) is 6. The van der Waals surface area contributed by atoms with Gasteiger partial charge in [-0.15, -0.1) is 0 Å². The minimum atomic E-state index is -5.12. The van der Waals surface area contributed by atoms with Crippen LogP contribution in [0, 0.1) is 11.8 Å². The van der Waals surface area contributed by atoms with E-state index in [0.29, 0.717) is 6.42 Å². The molecule has 0 bridgehead atoms. The SMILES string of the molecule is CC(C)[C@H](NC(=O)c1ccc(O)c(O)c1)C(=O)N1CCC[C@H]1C(=O)N[C@H](C(=O)C(F)(F)F)C(C)C. The summed E-state index contributed by atoms with van der Waals surface area (Å²) in [7, 11) is 0. The van der Waals surface area contributed by atoms with Crippen LogP contribution in [-0.2, 0) is 14.4 Å². The molecule has 3 amide bonds. The highest BCUT2D eigenvalue weighted by Gasteiger charge is 2.46. The summed E-state index contributed by atoms with van der Waals surface area (Å²) in [5.74, 6) is -6.44. The van der Waals surface area contributed by atoms with E-state index in [4.69, 9.17) is 0 Å². The Morgan fingerprint density at radius 2 is 1.57 bits per heavy atom. The first kappa shape index (κ1) is 27.9. The molecule has 0 aromatic heterocycles. The molecule has 12 heteroatoms. The van der Waals surface area contributed by atoms with Gasteiger partial charge >= 0.3 is 6.18 Å². The van der Waals surface area contributed by atoms with Gasteiger partial charge in [0, 0.05) is 12.1 Å². The topological polar surface area (TPSA) is 136 Å². The lowest BCUT2D eigenvalue weighted by Gasteiger charge is -2.32. The highest BCUT2D eigenvalue weighted by molar-refractivity contribution is 5.99. The van der Waals surface area contributed by atoms with Crippen molar-refractivity contribution in [3.63, 3.8) is 0 Å². The maximum Gasteiger partial charge on any atom is 0.452 e. The number of rotatable bonds is 8. The van der Waals surface area contributed by atoms with Gasteiger partial charge in [0.1, 0.15) is 12.1 Å². The quantitative estimate of drug-likeness (QED) is 0.403. The number of carbonyl (C=O) groups is 4. The molecule has 3 atom stereocenters. The van der Waals surface area contributed by atoms with Gasteiger partial charge < -0.3 is 25.7 Å². The van der Waals surface area contributed by atoms with Gasteiger partial charge in [0.15, 0.2) is 11.5 Å². The van der Waals surface area contributed by atoms with Crippen LogP contribution in [0.3, 0.4) is 0 Å². The third-order valence-electron chi connectivity index (χ3n) is 5.82. The fourth-order valence-electron chi connectivity index (χ4n) is 3.85. The largest absolute Gasteiger partial charge is 0.504 e. The van der Waals surface area contributed by atoms with Crippen LogP contribution in [0.5, 0.6) is 11.5 Å². The van der Waals surface area contributed by atoms with Crippen LogP contribution in [0.1, 0.15) is 50.9 Å². The van der Waals surface area contributed by atoms with Crippen LogP contribution in [-0.4, -0.2) is 69.5 Å². The van der Waals surface area contributed by atoms with Crippen molar-refractivity contribution in [1.29, 1.82) is 0 Å². The highest BCUT2D eigenvalue weighted by Crippen LogP contribution is 2.26. The van der Waals surface area contributed by atoms with Crippen LogP contribution >= 0.6 is 0 Å². The van der Waals surface area contributed by atoms with E-state index < -0.39 is 71.1 Å². The van der Waals surface area contributed by atoms with Crippen LogP contribution < -0.4 is 10.6 Å². The number of phenolic OH excluding ortho intramolecular Hbond substituents is 2. The molecule has 1 saturated heterocycles. The van der Waals surface area contributed by atoms with E-state index in [2.05, 4.69) is 10.6 Å². The second kappa shape index (κ2) is 11.0. The molecule has 0 spiro atoms. The number of carbonyl (C=O) groups excluding carboxylic acids is 4. The fourth-order valence-corrected chi connectivity index (χ4v) is 3.85. The van der Waals surface area contributed by atoms with Gasteiger partial charge in [0.25, 0.3) is 11.7 Å². The molecule has 9 nitrogen and oxygen atoms in total. The van der Waals surface area contributed by atoms with Crippen LogP contribution in [0.25, 0.3) is 0 Å². The van der Waals surface area contributed by atoms with Gasteiger partial charge in [0.05, 0.1) is 6.04 Å². The molecule has 0 unspecified atom stereocenters. The van der Waals surface area contributed by atoms with E-state index in [1.165, 1.54) is 24.8 Å². The van der Waals surface area contributed by atoms with E-state index in [1.807, 2.05) is 0 Å². The molecule has 1 aromatic carbocycles. The second-order valence-electron chi connectivity index (χ2n) is 9.18. The number of Topliss-reactive ketones (excluding diaryl/α,β-unsaturated/α-hetero) is 1. The van der Waals surface area contributed by atoms with E-state index in [1.54, 1.807) is 13.8 Å². The predicted octanol–water partition coefficient (Wildman–Crippen LogP) is 2.12. The number of alkyl halides is 3. The Morgan fingerprint density at radius 3 is 2.09 bits per heavy atom. The number of hydrogen-bond donors (Lipinski definition) is 4. The van der Waals surface area contributed by atoms with Gasteiger partial charge in [-0.2, -0.15) is 13.2 Å². The molecule has 0 saturated carbocycles. The van der Waals surface area contributed by atoms with Gasteiger partial charge in [-0.1, -0.05) is 27.7 Å². The number of benzene rings is 1. The summed E-state index contributed by atoms with van der Waals surface area (Å²) < 4.78 is 38.9. The molecular weight excluding hydrogens is 471 g/mol. The van der Waals surface area contributed by atoms with Gasteiger partial charge in [0.2, 0.25) is 11.8 Å². The molecule has 0 aliphatic carbocycles. The van der Waals surface area contributed by atoms with Crippen LogP contribution in [0.15, 0.2) is 18.2 Å². The van der Waals surface area contributed by atoms with Crippen molar-refractivity contribution < 1.29 is 42.6 Å². The molecule has 0 radical (unpaired) electrons. The molecule has 4 N–H and O–H groups in total. The minimum Gasteiger partial charge on any atom is -0.504 e. The Labute approximate surface area is 200 Å². The zero-order chi connectivity index (χ0) is 26.7. The zero-order valence-corrected chi connectivity index (χ0v) is 19.8. The summed E-state index contributed by atoms with van der Waals surface area (Å²) in [5, 5.41) is 23.8. The summed E-state index contributed by atoms with van der Waals surface area (Å²) in [6.45, 7) is 6.23. The van der Waals surface area contributed by atoms with Gasteiger partial charge in [-0.25, -0.2) is 0 Å². The maximum atomic E-state index is 13.3. The third-order valence-corrected chi connectivity index (χ3v) is 5.82. The lowest BCUT2D eigenvalue weighted by Crippen LogP contribution is -2.58. The number of amides is 3. The second-order valence-corrected chi connectivity index (χ2v) is 9.18. The molecule has 1 heterocycles. The summed E-state index contributed by atoms with van der Waals surface area (Å²) in [6, 6.07) is -0.567. The van der Waals surface area contributed by atoms with E-state index in [9.17, 15) is 42.6 Å². The average molecular weight is 502 g/mol. The van der Waals surface area contributed by atoms with E-state index >= 15 is 0 Å². The molecule has 1 aromatic rings. The Hall–Kier alpha value is -3.31. The Bertz CT molecular complexity index is 980. The van der Waals surface area contributed by atoms with E-state index in [0.717, 1.165) is 12.1 Å². The monoisotopic (exact) mass is 501 g/mol. The molecule has 35 heavy (non-hydrogen) atoms. The first-order chi connectivity index (χ1) is 16.1. The molecule has 1 aliphatic rings. The lowest BCUT2D eigenvalue weighted by molar-refractivity contribution is -0.175. The lowest BCUT2D eigenvalue weighted by atomic mass is 9.98. The molecule has 194 valence electrons. The Morgan fingerprint density at radius 1 is 0.971 bits per heavy atom. The highest BCUT2D eigenvalue weighted by atomic mass is 19.4. The summed E-state index contributed by atoms with van der Waals surface area (Å²) >= 11 is 0. The molecular formula is C23H30F3N3O6. The number of phenols is 2. The van der Waals surface area contributed by atoms with Crippen molar-refractivity contribution in [2.24, 2.45) is 11.8 Å². The number of nitrogens with one attached hydrogen (secondary N) is 2. The number of aromatic hydroxyl groups is 2. The van der Waals surface area contributed by atoms with Crippen molar-refractivity contribution in [2.75, 3.05) is 6.54 Å². The predicted molar refractivity (Wildman–Crippen MR) is 118 cm³/mol. The number of likely N-dealkylation sites (tertiary alicyclic amines) is 1. The van der Waals surface area contributed by atoms with Crippen molar-refractivity contribution in [3.8, 4) is 11.5 Å². The van der Waals surface area contributed by atoms with Crippen molar-refractivity contribution in [2.45, 2.75) is 64.8 Å². The smallest absolute Gasteiger partial charge is 0.452 e. The van der Waals surface area contributed by atoms with Gasteiger partial charge in [-0.05, 0) is 42.9 Å². The summed E-state index contributed by atoms with van der Waals surface area (Å²) in [6.07, 6.45) is -4.52. The third kappa shape index (κ3) is 6.64. The van der Waals surface area contributed by atoms with Crippen LogP contribution in [0.4, 0.5) is 13.2 Å². The summed E-state index contributed by atoms with van der Waals surface area (Å²) in [4.78, 5) is 51.8. The molecule has 2 rings (SSSR count). The van der Waals surface area contributed by atoms with E-state index in [-0.39, 0.29) is 18.5 Å². The molecule has 1 fully saturated rings. The first-order valence-corrected chi connectivity index (χ1v) is 11.2. The Balaban J connectivity index is 2.19. The normalized spacial score (nSPS) is 17.9. The fraction of sp³-hybridized carbons (Fsp3) is 0.565. The van der Waals surface area contributed by atoms with Crippen molar-refractivity contribution in [3.05, 3.63) is 23.8 Å². The van der Waals surface area contributed by atoms with Crippen LogP contribution in [0.2, 0.25) is 0 Å². The number of ketones is 1. The number of halogens is 3. The molecule has 1 aliphatic heterocycles. The van der Waals surface area contributed by atoms with Crippen molar-refractivity contribution in [1.82, 2.24) is 15.5 Å². The Kier molecular flexibility index (Phi) is 8.74. The number of nitrogens with zero attached hydrogens (tertiary/aromatic N) is 1. The summed E-state index contributed by atoms with van der Waals surface area (Å²) in [5.41, 5.74) is -0.0140. The first-order valence-electron chi connectivity index (χ1n) is 11.2. The average Bonchev–Trinajstić information content (AvgIpc) is 3.25. The minimum absolute atomic E-state index is 0.0140. The zero-order valence-electron chi connectivity index (χ0n) is 19.8. The maximum absolute atomic E-state index is 13.3. The van der Waals surface area contributed by atoms with Crippen molar-refractivity contribution >= 4 is 23.5 Å². The standard InChI is InChI=1S/C23H30F3N3O6/c1-11(2)17(19(32)23(24,25)26)27-21(34)14-6-5-9-29(14)22(35)18(12(3)4)28-20(33)13-7-8-15(30)16(31)10-13/h7-8,10-12,14,17-18,30-31H,5-6,9H2,1-4H3,(H,27,34)(H,28,33)/t14-,17-,18-/m0/s1.